The maximum absolute atomic E-state index is 12.3. The number of esters is 1. The van der Waals surface area contributed by atoms with Gasteiger partial charge in [0.15, 0.2) is 0 Å². The number of aromatic nitrogens is 2. The average Bonchev–Trinajstić information content (AvgIpc) is 3.01. The number of carbonyl (C=O) groups excluding carboxylic acids is 1. The van der Waals surface area contributed by atoms with Gasteiger partial charge in [0.25, 0.3) is 5.56 Å². The van der Waals surface area contributed by atoms with Gasteiger partial charge >= 0.3 is 11.7 Å². The largest absolute Gasteiger partial charge is 0.456 e. The maximum Gasteiger partial charge on any atom is 0.338 e. The van der Waals surface area contributed by atoms with Crippen LogP contribution in [0, 0.1) is 6.92 Å². The third-order valence-corrected chi connectivity index (χ3v) is 4.41. The van der Waals surface area contributed by atoms with Crippen LogP contribution in [0.15, 0.2) is 40.1 Å². The molecule has 8 nitrogen and oxygen atoms in total. The number of halogens is 1. The van der Waals surface area contributed by atoms with Crippen molar-refractivity contribution in [1.82, 2.24) is 9.55 Å². The maximum atomic E-state index is 12.3. The first-order valence-corrected chi connectivity index (χ1v) is 8.31. The van der Waals surface area contributed by atoms with Crippen molar-refractivity contribution in [2.24, 2.45) is 0 Å². The van der Waals surface area contributed by atoms with Gasteiger partial charge < -0.3 is 14.6 Å². The molecule has 26 heavy (non-hydrogen) atoms. The number of aliphatic hydroxyl groups is 1. The highest BCUT2D eigenvalue weighted by Crippen LogP contribution is 2.30. The molecule has 0 spiro atoms. The third-order valence-electron chi connectivity index (χ3n) is 4.15. The molecule has 1 aromatic heterocycles. The van der Waals surface area contributed by atoms with Crippen molar-refractivity contribution in [2.45, 2.75) is 31.8 Å². The number of aryl methyl sites for hydroxylation is 1. The van der Waals surface area contributed by atoms with E-state index in [0.717, 1.165) is 0 Å². The minimum Gasteiger partial charge on any atom is -0.456 e. The number of ether oxygens (including phenoxy) is 2. The van der Waals surface area contributed by atoms with Crippen molar-refractivity contribution in [2.75, 3.05) is 6.61 Å². The lowest BCUT2D eigenvalue weighted by molar-refractivity contribution is -0.0522. The lowest BCUT2D eigenvalue weighted by Gasteiger charge is -2.16. The number of H-pyrrole nitrogens is 1. The first-order valence-electron chi connectivity index (χ1n) is 7.94. The summed E-state index contributed by atoms with van der Waals surface area (Å²) in [5.74, 6) is -0.584. The molecule has 1 aliphatic heterocycles. The standard InChI is InChI=1S/C17H17ClN2O6/c1-9-7-20(17(24)19-15(9)22)14-6-12(13(8-21)25-14)26-16(23)10-2-4-11(18)5-3-10/h2-5,7,12-14,21H,6,8H2,1H3,(H,19,22,24)/t12-,13+,14+/m0/s1. The van der Waals surface area contributed by atoms with Crippen LogP contribution < -0.4 is 11.2 Å². The topological polar surface area (TPSA) is 111 Å². The van der Waals surface area contributed by atoms with Crippen molar-refractivity contribution < 1.29 is 19.4 Å². The Balaban J connectivity index is 1.78. The Morgan fingerprint density at radius 2 is 2.08 bits per heavy atom. The highest BCUT2D eigenvalue weighted by molar-refractivity contribution is 6.30. The van der Waals surface area contributed by atoms with Crippen molar-refractivity contribution >= 4 is 17.6 Å². The zero-order valence-corrected chi connectivity index (χ0v) is 14.6. The number of aliphatic hydroxyl groups excluding tert-OH is 1. The Morgan fingerprint density at radius 1 is 1.38 bits per heavy atom. The van der Waals surface area contributed by atoms with Gasteiger partial charge in [0, 0.05) is 23.2 Å². The van der Waals surface area contributed by atoms with E-state index in [-0.39, 0.29) is 13.0 Å². The van der Waals surface area contributed by atoms with Gasteiger partial charge in [-0.25, -0.2) is 9.59 Å². The molecule has 1 saturated heterocycles. The van der Waals surface area contributed by atoms with E-state index in [1.165, 1.54) is 22.9 Å². The van der Waals surface area contributed by atoms with Crippen molar-refractivity contribution in [1.29, 1.82) is 0 Å². The normalized spacial score (nSPS) is 22.3. The summed E-state index contributed by atoms with van der Waals surface area (Å²) in [6.45, 7) is 1.18. The number of rotatable bonds is 4. The number of aromatic amines is 1. The molecule has 138 valence electrons. The van der Waals surface area contributed by atoms with Crippen LogP contribution in [0.3, 0.4) is 0 Å². The van der Waals surface area contributed by atoms with Gasteiger partial charge in [-0.3, -0.25) is 14.3 Å². The highest BCUT2D eigenvalue weighted by atomic mass is 35.5. The predicted octanol–water partition coefficient (Wildman–Crippen LogP) is 1.00. The van der Waals surface area contributed by atoms with Crippen LogP contribution in [0.4, 0.5) is 0 Å². The molecule has 2 N–H and O–H groups in total. The molecular weight excluding hydrogens is 364 g/mol. The number of nitrogens with zero attached hydrogens (tertiary/aromatic N) is 1. The molecule has 2 heterocycles. The van der Waals surface area contributed by atoms with E-state index in [9.17, 15) is 19.5 Å². The van der Waals surface area contributed by atoms with E-state index in [0.29, 0.717) is 16.1 Å². The van der Waals surface area contributed by atoms with Gasteiger partial charge in [0.05, 0.1) is 12.2 Å². The molecule has 0 radical (unpaired) electrons. The van der Waals surface area contributed by atoms with Gasteiger partial charge in [-0.2, -0.15) is 0 Å². The van der Waals surface area contributed by atoms with E-state index >= 15 is 0 Å². The molecular formula is C17H17ClN2O6. The second kappa shape index (κ2) is 7.45. The Labute approximate surface area is 152 Å². The van der Waals surface area contributed by atoms with Gasteiger partial charge in [-0.1, -0.05) is 11.6 Å². The summed E-state index contributed by atoms with van der Waals surface area (Å²) in [6, 6.07) is 6.19. The summed E-state index contributed by atoms with van der Waals surface area (Å²) in [5.41, 5.74) is -0.456. The van der Waals surface area contributed by atoms with Crippen LogP contribution in [0.1, 0.15) is 28.6 Å². The summed E-state index contributed by atoms with van der Waals surface area (Å²) >= 11 is 5.80. The van der Waals surface area contributed by atoms with Crippen LogP contribution in [0.25, 0.3) is 0 Å². The fraction of sp³-hybridized carbons (Fsp3) is 0.353. The smallest absolute Gasteiger partial charge is 0.338 e. The Bertz CT molecular complexity index is 920. The molecule has 1 aliphatic rings. The first kappa shape index (κ1) is 18.4. The van der Waals surface area contributed by atoms with Crippen LogP contribution in [-0.2, 0) is 9.47 Å². The predicted molar refractivity (Wildman–Crippen MR) is 92.3 cm³/mol. The molecule has 3 atom stereocenters. The second-order valence-corrected chi connectivity index (χ2v) is 6.41. The van der Waals surface area contributed by atoms with Crippen molar-refractivity contribution in [3.8, 4) is 0 Å². The second-order valence-electron chi connectivity index (χ2n) is 5.98. The van der Waals surface area contributed by atoms with Crippen LogP contribution in [-0.4, -0.2) is 39.4 Å². The molecule has 0 bridgehead atoms. The lowest BCUT2D eigenvalue weighted by Crippen LogP contribution is -2.33. The number of hydrogen-bond donors (Lipinski definition) is 2. The van der Waals surface area contributed by atoms with E-state index in [2.05, 4.69) is 4.98 Å². The quantitative estimate of drug-likeness (QED) is 0.766. The number of benzene rings is 1. The fourth-order valence-electron chi connectivity index (χ4n) is 2.75. The van der Waals surface area contributed by atoms with Gasteiger partial charge in [-0.15, -0.1) is 0 Å². The van der Waals surface area contributed by atoms with Crippen molar-refractivity contribution in [3.05, 3.63) is 67.4 Å². The minimum atomic E-state index is -0.782. The number of hydrogen-bond acceptors (Lipinski definition) is 6. The first-order chi connectivity index (χ1) is 12.4. The fourth-order valence-corrected chi connectivity index (χ4v) is 2.88. The molecule has 0 aliphatic carbocycles. The van der Waals surface area contributed by atoms with E-state index < -0.39 is 35.7 Å². The monoisotopic (exact) mass is 380 g/mol. The SMILES string of the molecule is Cc1cn([C@H]2C[C@H](OC(=O)c3ccc(Cl)cc3)[C@@H](CO)O2)c(=O)[nH]c1=O. The summed E-state index contributed by atoms with van der Waals surface area (Å²) in [5, 5.41) is 10.0. The number of carbonyl (C=O) groups is 1. The molecule has 2 aromatic rings. The van der Waals surface area contributed by atoms with Gasteiger partial charge in [0.2, 0.25) is 0 Å². The molecule has 1 aromatic carbocycles. The Kier molecular flexibility index (Phi) is 5.26. The molecule has 0 saturated carbocycles. The zero-order valence-electron chi connectivity index (χ0n) is 13.8. The van der Waals surface area contributed by atoms with E-state index in [1.807, 2.05) is 0 Å². The van der Waals surface area contributed by atoms with Crippen LogP contribution >= 0.6 is 11.6 Å². The number of nitrogens with one attached hydrogen (secondary N) is 1. The van der Waals surface area contributed by atoms with Gasteiger partial charge in [0.1, 0.15) is 18.4 Å². The summed E-state index contributed by atoms with van der Waals surface area (Å²) < 4.78 is 12.3. The van der Waals surface area contributed by atoms with Crippen molar-refractivity contribution in [3.63, 3.8) is 0 Å². The van der Waals surface area contributed by atoms with E-state index in [4.69, 9.17) is 21.1 Å². The zero-order chi connectivity index (χ0) is 18.8. The van der Waals surface area contributed by atoms with Crippen LogP contribution in [0.5, 0.6) is 0 Å². The lowest BCUT2D eigenvalue weighted by atomic mass is 10.1. The Hall–Kier alpha value is -2.42. The molecule has 3 rings (SSSR count). The average molecular weight is 381 g/mol. The summed E-state index contributed by atoms with van der Waals surface area (Å²) in [7, 11) is 0. The highest BCUT2D eigenvalue weighted by Gasteiger charge is 2.39. The minimum absolute atomic E-state index is 0.163. The summed E-state index contributed by atoms with van der Waals surface area (Å²) in [4.78, 5) is 37.9. The third kappa shape index (κ3) is 3.72. The molecule has 1 fully saturated rings. The van der Waals surface area contributed by atoms with Crippen LogP contribution in [0.2, 0.25) is 5.02 Å². The Morgan fingerprint density at radius 3 is 2.73 bits per heavy atom. The summed E-state index contributed by atoms with van der Waals surface area (Å²) in [6.07, 6.45) is -0.750. The van der Waals surface area contributed by atoms with E-state index in [1.54, 1.807) is 19.1 Å². The molecule has 0 amide bonds. The molecule has 0 unspecified atom stereocenters. The van der Waals surface area contributed by atoms with Gasteiger partial charge in [-0.05, 0) is 31.2 Å². The molecule has 9 heteroatoms.